The molecule has 0 unspecified atom stereocenters. The van der Waals surface area contributed by atoms with Crippen molar-refractivity contribution in [2.75, 3.05) is 38.7 Å². The van der Waals surface area contributed by atoms with Gasteiger partial charge >= 0.3 is 0 Å². The molecule has 1 fully saturated rings. The summed E-state index contributed by atoms with van der Waals surface area (Å²) in [6.45, 7) is 7.69. The molecule has 1 aliphatic rings. The summed E-state index contributed by atoms with van der Waals surface area (Å²) in [6.07, 6.45) is 3.99. The Kier molecular flexibility index (Phi) is 10.4. The molecule has 2 aromatic carbocycles. The summed E-state index contributed by atoms with van der Waals surface area (Å²) >= 11 is 0. The zero-order valence-electron chi connectivity index (χ0n) is 18.9. The second-order valence-corrected chi connectivity index (χ2v) is 7.75. The lowest BCUT2D eigenvalue weighted by Gasteiger charge is -2.26. The van der Waals surface area contributed by atoms with Crippen LogP contribution in [0.15, 0.2) is 42.5 Å². The number of hydrogen-bond donors (Lipinski definition) is 1. The summed E-state index contributed by atoms with van der Waals surface area (Å²) < 4.78 is 13.4. The lowest BCUT2D eigenvalue weighted by Crippen LogP contribution is -2.32. The number of nitrogens with one attached hydrogen (secondary N) is 1. The number of fused-ring (bicyclic) bond motifs is 1. The molecule has 8 heteroatoms. The van der Waals surface area contributed by atoms with E-state index >= 15 is 0 Å². The van der Waals surface area contributed by atoms with Crippen LogP contribution in [0.3, 0.4) is 0 Å². The van der Waals surface area contributed by atoms with E-state index < -0.39 is 0 Å². The SMILES string of the molecule is CCOc1ccc(CNc2nc3ccccc3n2CCN2CCCCC2)cc1OC.Cl.Cl. The van der Waals surface area contributed by atoms with Crippen LogP contribution in [0.2, 0.25) is 0 Å². The molecule has 0 atom stereocenters. The average Bonchev–Trinajstić information content (AvgIpc) is 3.15. The van der Waals surface area contributed by atoms with E-state index in [0.29, 0.717) is 13.2 Å². The first-order chi connectivity index (χ1) is 14.8. The Morgan fingerprint density at radius 2 is 1.75 bits per heavy atom. The Morgan fingerprint density at radius 3 is 2.50 bits per heavy atom. The normalized spacial score (nSPS) is 13.8. The Morgan fingerprint density at radius 1 is 0.969 bits per heavy atom. The van der Waals surface area contributed by atoms with E-state index in [1.165, 1.54) is 37.9 Å². The molecular formula is C24H34Cl2N4O2. The quantitative estimate of drug-likeness (QED) is 0.445. The van der Waals surface area contributed by atoms with Crippen molar-refractivity contribution < 1.29 is 9.47 Å². The van der Waals surface area contributed by atoms with Gasteiger partial charge in [0.1, 0.15) is 0 Å². The van der Waals surface area contributed by atoms with E-state index in [0.717, 1.165) is 41.6 Å². The predicted molar refractivity (Wildman–Crippen MR) is 136 cm³/mol. The van der Waals surface area contributed by atoms with Crippen LogP contribution in [-0.2, 0) is 13.1 Å². The molecule has 1 aliphatic heterocycles. The van der Waals surface area contributed by atoms with Gasteiger partial charge in [0.2, 0.25) is 5.95 Å². The first-order valence-corrected chi connectivity index (χ1v) is 11.0. The van der Waals surface area contributed by atoms with Crippen LogP contribution in [0.25, 0.3) is 11.0 Å². The third-order valence-electron chi connectivity index (χ3n) is 5.72. The Bertz CT molecular complexity index is 974. The van der Waals surface area contributed by atoms with Crippen molar-refractivity contribution in [1.29, 1.82) is 0 Å². The van der Waals surface area contributed by atoms with Gasteiger partial charge in [0.25, 0.3) is 0 Å². The highest BCUT2D eigenvalue weighted by atomic mass is 35.5. The zero-order valence-corrected chi connectivity index (χ0v) is 20.5. The van der Waals surface area contributed by atoms with Gasteiger partial charge in [-0.3, -0.25) is 0 Å². The maximum absolute atomic E-state index is 5.63. The number of nitrogens with zero attached hydrogens (tertiary/aromatic N) is 3. The van der Waals surface area contributed by atoms with E-state index in [9.17, 15) is 0 Å². The van der Waals surface area contributed by atoms with Crippen molar-refractivity contribution in [3.63, 3.8) is 0 Å². The van der Waals surface area contributed by atoms with Gasteiger partial charge in [-0.05, 0) is 62.7 Å². The number of rotatable bonds is 9. The molecule has 1 N–H and O–H groups in total. The first kappa shape index (κ1) is 26.1. The molecule has 176 valence electrons. The molecule has 1 aromatic heterocycles. The van der Waals surface area contributed by atoms with Gasteiger partial charge in [0.05, 0.1) is 24.8 Å². The van der Waals surface area contributed by atoms with Gasteiger partial charge in [-0.25, -0.2) is 4.98 Å². The molecule has 0 saturated carbocycles. The first-order valence-electron chi connectivity index (χ1n) is 11.0. The number of hydrogen-bond acceptors (Lipinski definition) is 5. The van der Waals surface area contributed by atoms with Gasteiger partial charge < -0.3 is 24.3 Å². The number of benzene rings is 2. The molecule has 0 radical (unpaired) electrons. The lowest BCUT2D eigenvalue weighted by molar-refractivity contribution is 0.222. The topological polar surface area (TPSA) is 51.5 Å². The van der Waals surface area contributed by atoms with Crippen LogP contribution >= 0.6 is 24.8 Å². The minimum absolute atomic E-state index is 0. The number of aromatic nitrogens is 2. The minimum Gasteiger partial charge on any atom is -0.493 e. The second kappa shape index (κ2) is 12.8. The Balaban J connectivity index is 0.00000181. The summed E-state index contributed by atoms with van der Waals surface area (Å²) in [5.41, 5.74) is 3.34. The van der Waals surface area contributed by atoms with Crippen LogP contribution in [-0.4, -0.2) is 47.8 Å². The van der Waals surface area contributed by atoms with Crippen LogP contribution in [0.1, 0.15) is 31.7 Å². The van der Waals surface area contributed by atoms with E-state index in [-0.39, 0.29) is 24.8 Å². The highest BCUT2D eigenvalue weighted by Crippen LogP contribution is 2.28. The summed E-state index contributed by atoms with van der Waals surface area (Å²) in [5, 5.41) is 3.55. The maximum Gasteiger partial charge on any atom is 0.204 e. The largest absolute Gasteiger partial charge is 0.493 e. The summed E-state index contributed by atoms with van der Waals surface area (Å²) in [6, 6.07) is 14.4. The van der Waals surface area contributed by atoms with E-state index in [2.05, 4.69) is 39.0 Å². The molecule has 1 saturated heterocycles. The van der Waals surface area contributed by atoms with Gasteiger partial charge in [-0.1, -0.05) is 24.6 Å². The molecule has 2 heterocycles. The molecule has 32 heavy (non-hydrogen) atoms. The van der Waals surface area contributed by atoms with E-state index in [1.807, 2.05) is 25.1 Å². The highest BCUT2D eigenvalue weighted by Gasteiger charge is 2.14. The number of para-hydroxylation sites is 2. The van der Waals surface area contributed by atoms with E-state index in [4.69, 9.17) is 14.5 Å². The maximum atomic E-state index is 5.63. The Hall–Kier alpha value is -2.15. The molecule has 6 nitrogen and oxygen atoms in total. The van der Waals surface area contributed by atoms with Crippen molar-refractivity contribution in [3.8, 4) is 11.5 Å². The average molecular weight is 481 g/mol. The van der Waals surface area contributed by atoms with E-state index in [1.54, 1.807) is 7.11 Å². The van der Waals surface area contributed by atoms with Crippen molar-refractivity contribution >= 4 is 41.8 Å². The fourth-order valence-corrected chi connectivity index (χ4v) is 4.14. The number of imidazole rings is 1. The molecule has 0 aliphatic carbocycles. The van der Waals surface area contributed by atoms with Crippen LogP contribution < -0.4 is 14.8 Å². The van der Waals surface area contributed by atoms with Gasteiger partial charge in [-0.2, -0.15) is 0 Å². The smallest absolute Gasteiger partial charge is 0.204 e. The second-order valence-electron chi connectivity index (χ2n) is 7.75. The lowest BCUT2D eigenvalue weighted by atomic mass is 10.1. The van der Waals surface area contributed by atoms with Crippen molar-refractivity contribution in [2.45, 2.75) is 39.3 Å². The highest BCUT2D eigenvalue weighted by molar-refractivity contribution is 5.85. The van der Waals surface area contributed by atoms with Crippen LogP contribution in [0.4, 0.5) is 5.95 Å². The van der Waals surface area contributed by atoms with Crippen LogP contribution in [0.5, 0.6) is 11.5 Å². The molecule has 3 aromatic rings. The van der Waals surface area contributed by atoms with Gasteiger partial charge in [0.15, 0.2) is 11.5 Å². The Labute approximate surface area is 203 Å². The monoisotopic (exact) mass is 480 g/mol. The molecule has 4 rings (SSSR count). The number of piperidine rings is 1. The molecule has 0 spiro atoms. The summed E-state index contributed by atoms with van der Waals surface area (Å²) in [7, 11) is 1.68. The number of anilines is 1. The molecule has 0 amide bonds. The number of methoxy groups -OCH3 is 1. The fourth-order valence-electron chi connectivity index (χ4n) is 4.14. The van der Waals surface area contributed by atoms with Crippen molar-refractivity contribution in [3.05, 3.63) is 48.0 Å². The van der Waals surface area contributed by atoms with Crippen molar-refractivity contribution in [1.82, 2.24) is 14.5 Å². The number of likely N-dealkylation sites (tertiary alicyclic amines) is 1. The standard InChI is InChI=1S/C24H32N4O2.2ClH/c1-3-30-22-12-11-19(17-23(22)29-2)18-25-24-26-20-9-5-6-10-21(20)28(24)16-15-27-13-7-4-8-14-27;;/h5-6,9-12,17H,3-4,7-8,13-16,18H2,1-2H3,(H,25,26);2*1H. The molecular weight excluding hydrogens is 447 g/mol. The van der Waals surface area contributed by atoms with Gasteiger partial charge in [0, 0.05) is 19.6 Å². The van der Waals surface area contributed by atoms with Gasteiger partial charge in [-0.15, -0.1) is 24.8 Å². The number of ether oxygens (including phenoxy) is 2. The third kappa shape index (κ3) is 6.21. The van der Waals surface area contributed by atoms with Crippen LogP contribution in [0, 0.1) is 0 Å². The van der Waals surface area contributed by atoms with Crippen molar-refractivity contribution in [2.24, 2.45) is 0 Å². The zero-order chi connectivity index (χ0) is 20.8. The fraction of sp³-hybridized carbons (Fsp3) is 0.458. The summed E-state index contributed by atoms with van der Waals surface area (Å²) in [4.78, 5) is 7.43. The molecule has 0 bridgehead atoms. The predicted octanol–water partition coefficient (Wildman–Crippen LogP) is 5.39. The minimum atomic E-state index is 0. The summed E-state index contributed by atoms with van der Waals surface area (Å²) in [5.74, 6) is 2.45. The number of halogens is 2. The third-order valence-corrected chi connectivity index (χ3v) is 5.72.